The van der Waals surface area contributed by atoms with Crippen LogP contribution in [0.4, 0.5) is 5.13 Å². The number of piperidine rings is 1. The average Bonchev–Trinajstić information content (AvgIpc) is 3.14. The van der Waals surface area contributed by atoms with Crippen LogP contribution in [0.1, 0.15) is 23.2 Å². The number of aromatic nitrogens is 1. The number of carbonyl (C=O) groups is 1. The molecule has 1 aliphatic rings. The number of amides is 1. The van der Waals surface area contributed by atoms with E-state index < -0.39 is 0 Å². The van der Waals surface area contributed by atoms with Crippen molar-refractivity contribution >= 4 is 22.4 Å². The summed E-state index contributed by atoms with van der Waals surface area (Å²) >= 11 is 1.67. The van der Waals surface area contributed by atoms with Gasteiger partial charge in [-0.3, -0.25) is 4.79 Å². The Balaban J connectivity index is 1.54. The average molecular weight is 331 g/mol. The maximum absolute atomic E-state index is 12.3. The number of carbonyl (C=O) groups excluding carboxylic acids is 1. The Bertz CT molecular complexity index is 645. The fourth-order valence-corrected chi connectivity index (χ4v) is 3.56. The Hall–Kier alpha value is -2.08. The van der Waals surface area contributed by atoms with E-state index in [2.05, 4.69) is 15.2 Å². The molecule has 2 aromatic rings. The molecular formula is C17H21N3O2S. The van der Waals surface area contributed by atoms with Crippen LogP contribution in [-0.2, 0) is 0 Å². The van der Waals surface area contributed by atoms with Crippen molar-refractivity contribution in [2.24, 2.45) is 5.92 Å². The van der Waals surface area contributed by atoms with Crippen LogP contribution in [-0.4, -0.2) is 37.6 Å². The van der Waals surface area contributed by atoms with Gasteiger partial charge < -0.3 is 15.0 Å². The second-order valence-electron chi connectivity index (χ2n) is 5.71. The van der Waals surface area contributed by atoms with E-state index in [1.807, 2.05) is 23.7 Å². The largest absolute Gasteiger partial charge is 0.497 e. The van der Waals surface area contributed by atoms with E-state index in [0.717, 1.165) is 31.1 Å². The molecule has 1 amide bonds. The normalized spacial score (nSPS) is 17.8. The van der Waals surface area contributed by atoms with Gasteiger partial charge in [-0.25, -0.2) is 4.98 Å². The molecule has 1 aliphatic heterocycles. The Morgan fingerprint density at radius 2 is 2.43 bits per heavy atom. The van der Waals surface area contributed by atoms with Crippen LogP contribution in [0.5, 0.6) is 5.75 Å². The number of hydrogen-bond acceptors (Lipinski definition) is 5. The number of rotatable bonds is 5. The van der Waals surface area contributed by atoms with Gasteiger partial charge in [0.1, 0.15) is 5.75 Å². The number of nitrogens with one attached hydrogen (secondary N) is 1. The zero-order valence-corrected chi connectivity index (χ0v) is 14.0. The monoisotopic (exact) mass is 331 g/mol. The predicted octanol–water partition coefficient (Wildman–Crippen LogP) is 2.80. The second kappa shape index (κ2) is 7.46. The Kier molecular flexibility index (Phi) is 5.12. The first-order valence-corrected chi connectivity index (χ1v) is 8.71. The van der Waals surface area contributed by atoms with Crippen LogP contribution in [0.3, 0.4) is 0 Å². The summed E-state index contributed by atoms with van der Waals surface area (Å²) in [4.78, 5) is 19.0. The fourth-order valence-electron chi connectivity index (χ4n) is 2.88. The first-order chi connectivity index (χ1) is 11.3. The van der Waals surface area contributed by atoms with Gasteiger partial charge in [-0.05, 0) is 37.0 Å². The van der Waals surface area contributed by atoms with E-state index in [9.17, 15) is 4.79 Å². The molecule has 2 heterocycles. The van der Waals surface area contributed by atoms with Crippen molar-refractivity contribution in [1.82, 2.24) is 10.3 Å². The second-order valence-corrected chi connectivity index (χ2v) is 6.58. The Labute approximate surface area is 140 Å². The zero-order valence-electron chi connectivity index (χ0n) is 13.2. The highest BCUT2D eigenvalue weighted by Crippen LogP contribution is 2.24. The van der Waals surface area contributed by atoms with E-state index in [1.54, 1.807) is 30.6 Å². The summed E-state index contributed by atoms with van der Waals surface area (Å²) in [6.45, 7) is 2.69. The Morgan fingerprint density at radius 1 is 1.52 bits per heavy atom. The van der Waals surface area contributed by atoms with E-state index in [4.69, 9.17) is 4.74 Å². The molecule has 5 nitrogen and oxygen atoms in total. The molecule has 0 saturated carbocycles. The number of hydrogen-bond donors (Lipinski definition) is 1. The number of anilines is 1. The van der Waals surface area contributed by atoms with Gasteiger partial charge in [0.25, 0.3) is 5.91 Å². The smallest absolute Gasteiger partial charge is 0.251 e. The molecule has 3 rings (SSSR count). The van der Waals surface area contributed by atoms with Crippen molar-refractivity contribution in [2.75, 3.05) is 31.6 Å². The summed E-state index contributed by atoms with van der Waals surface area (Å²) in [7, 11) is 1.60. The molecule has 0 bridgehead atoms. The van der Waals surface area contributed by atoms with Crippen molar-refractivity contribution in [3.05, 3.63) is 41.4 Å². The molecule has 1 aromatic heterocycles. The van der Waals surface area contributed by atoms with Crippen molar-refractivity contribution in [1.29, 1.82) is 0 Å². The number of thiazole rings is 1. The molecule has 1 saturated heterocycles. The first-order valence-electron chi connectivity index (χ1n) is 7.83. The summed E-state index contributed by atoms with van der Waals surface area (Å²) in [5.74, 6) is 1.11. The Morgan fingerprint density at radius 3 is 3.22 bits per heavy atom. The molecule has 23 heavy (non-hydrogen) atoms. The number of methoxy groups -OCH3 is 1. The van der Waals surface area contributed by atoms with Crippen LogP contribution >= 0.6 is 11.3 Å². The fraction of sp³-hybridized carbons (Fsp3) is 0.412. The van der Waals surface area contributed by atoms with E-state index >= 15 is 0 Å². The van der Waals surface area contributed by atoms with Gasteiger partial charge in [-0.15, -0.1) is 11.3 Å². The number of ether oxygens (including phenoxy) is 1. The summed E-state index contributed by atoms with van der Waals surface area (Å²) in [5, 5.41) is 6.13. The van der Waals surface area contributed by atoms with Gasteiger partial charge >= 0.3 is 0 Å². The maximum atomic E-state index is 12.3. The molecule has 1 fully saturated rings. The molecule has 0 radical (unpaired) electrons. The lowest BCUT2D eigenvalue weighted by molar-refractivity contribution is 0.0945. The van der Waals surface area contributed by atoms with Gasteiger partial charge in [-0.2, -0.15) is 0 Å². The van der Waals surface area contributed by atoms with Crippen LogP contribution in [0.25, 0.3) is 0 Å². The summed E-state index contributed by atoms with van der Waals surface area (Å²) in [5.41, 5.74) is 0.636. The highest BCUT2D eigenvalue weighted by atomic mass is 32.1. The number of nitrogens with zero attached hydrogens (tertiary/aromatic N) is 2. The zero-order chi connectivity index (χ0) is 16.1. The topological polar surface area (TPSA) is 54.5 Å². The molecule has 6 heteroatoms. The molecular weight excluding hydrogens is 310 g/mol. The van der Waals surface area contributed by atoms with Gasteiger partial charge in [0.2, 0.25) is 0 Å². The lowest BCUT2D eigenvalue weighted by atomic mass is 9.98. The lowest BCUT2D eigenvalue weighted by Gasteiger charge is -2.32. The van der Waals surface area contributed by atoms with Crippen molar-refractivity contribution in [3.63, 3.8) is 0 Å². The van der Waals surface area contributed by atoms with Crippen molar-refractivity contribution in [2.45, 2.75) is 12.8 Å². The van der Waals surface area contributed by atoms with E-state index in [0.29, 0.717) is 23.8 Å². The summed E-state index contributed by atoms with van der Waals surface area (Å²) in [6.07, 6.45) is 4.12. The third-order valence-electron chi connectivity index (χ3n) is 4.09. The number of benzene rings is 1. The minimum atomic E-state index is -0.0460. The van der Waals surface area contributed by atoms with Gasteiger partial charge in [0.15, 0.2) is 5.13 Å². The van der Waals surface area contributed by atoms with Crippen LogP contribution in [0.2, 0.25) is 0 Å². The van der Waals surface area contributed by atoms with Crippen molar-refractivity contribution < 1.29 is 9.53 Å². The van der Waals surface area contributed by atoms with E-state index in [-0.39, 0.29) is 5.91 Å². The molecule has 122 valence electrons. The molecule has 0 aliphatic carbocycles. The molecule has 1 unspecified atom stereocenters. The summed E-state index contributed by atoms with van der Waals surface area (Å²) < 4.78 is 5.16. The highest BCUT2D eigenvalue weighted by Gasteiger charge is 2.22. The van der Waals surface area contributed by atoms with Crippen LogP contribution in [0.15, 0.2) is 35.8 Å². The maximum Gasteiger partial charge on any atom is 0.251 e. The standard InChI is InChI=1S/C17H21N3O2S/c1-22-15-6-2-5-14(10-15)16(21)19-11-13-4-3-8-20(12-13)17-18-7-9-23-17/h2,5-7,9-10,13H,3-4,8,11-12H2,1H3,(H,19,21). The lowest BCUT2D eigenvalue weighted by Crippen LogP contribution is -2.41. The first kappa shape index (κ1) is 15.8. The van der Waals surface area contributed by atoms with Crippen LogP contribution in [0, 0.1) is 5.92 Å². The third kappa shape index (κ3) is 4.01. The molecule has 0 spiro atoms. The van der Waals surface area contributed by atoms with Gasteiger partial charge in [-0.1, -0.05) is 6.07 Å². The molecule has 1 aromatic carbocycles. The van der Waals surface area contributed by atoms with E-state index in [1.165, 1.54) is 0 Å². The minimum Gasteiger partial charge on any atom is -0.497 e. The highest BCUT2D eigenvalue weighted by molar-refractivity contribution is 7.13. The SMILES string of the molecule is COc1cccc(C(=O)NCC2CCCN(c3nccs3)C2)c1. The van der Waals surface area contributed by atoms with Gasteiger partial charge in [0.05, 0.1) is 7.11 Å². The minimum absolute atomic E-state index is 0.0460. The third-order valence-corrected chi connectivity index (χ3v) is 4.92. The molecule has 1 N–H and O–H groups in total. The van der Waals surface area contributed by atoms with Gasteiger partial charge in [0, 0.05) is 36.8 Å². The quantitative estimate of drug-likeness (QED) is 0.915. The van der Waals surface area contributed by atoms with Crippen LogP contribution < -0.4 is 15.0 Å². The molecule has 1 atom stereocenters. The summed E-state index contributed by atoms with van der Waals surface area (Å²) in [6, 6.07) is 7.24. The predicted molar refractivity (Wildman–Crippen MR) is 92.4 cm³/mol. The van der Waals surface area contributed by atoms with Crippen molar-refractivity contribution in [3.8, 4) is 5.75 Å².